The van der Waals surface area contributed by atoms with E-state index in [1.54, 1.807) is 0 Å². The van der Waals surface area contributed by atoms with Gasteiger partial charge in [0.15, 0.2) is 0 Å². The number of halogens is 1. The van der Waals surface area contributed by atoms with E-state index in [4.69, 9.17) is 9.15 Å². The van der Waals surface area contributed by atoms with Gasteiger partial charge in [-0.05, 0) is 41.9 Å². The van der Waals surface area contributed by atoms with Crippen LogP contribution in [0.5, 0.6) is 0 Å². The molecule has 0 N–H and O–H groups in total. The van der Waals surface area contributed by atoms with E-state index >= 15 is 0 Å². The van der Waals surface area contributed by atoms with Gasteiger partial charge in [-0.25, -0.2) is 0 Å². The Morgan fingerprint density at radius 2 is 1.90 bits per heavy atom. The Hall–Kier alpha value is -1.24. The second-order valence-corrected chi connectivity index (χ2v) is 6.29. The van der Waals surface area contributed by atoms with Crippen molar-refractivity contribution in [3.05, 3.63) is 34.6 Å². The Morgan fingerprint density at radius 3 is 2.62 bits per heavy atom. The second kappa shape index (κ2) is 6.25. The maximum Gasteiger partial charge on any atom is 0.248 e. The molecule has 112 valence electrons. The van der Waals surface area contributed by atoms with E-state index in [0.29, 0.717) is 18.3 Å². The first-order chi connectivity index (χ1) is 10.1. The van der Waals surface area contributed by atoms with Crippen molar-refractivity contribution in [3.63, 3.8) is 0 Å². The van der Waals surface area contributed by atoms with Crippen LogP contribution < -0.4 is 0 Å². The zero-order chi connectivity index (χ0) is 14.8. The van der Waals surface area contributed by atoms with Crippen LogP contribution in [0.25, 0.3) is 11.5 Å². The highest BCUT2D eigenvalue weighted by molar-refractivity contribution is 9.10. The molecule has 1 fully saturated rings. The van der Waals surface area contributed by atoms with Gasteiger partial charge in [0, 0.05) is 17.6 Å². The SMILES string of the molecule is C[C@H]1CN(Cc2nnc(-c3ccccc3Br)o2)C[C@H](C)O1. The molecule has 6 heteroatoms. The molecule has 0 spiro atoms. The molecular weight excluding hydrogens is 334 g/mol. The Bertz CT molecular complexity index is 606. The summed E-state index contributed by atoms with van der Waals surface area (Å²) in [6.07, 6.45) is 0.471. The number of benzene rings is 1. The van der Waals surface area contributed by atoms with Gasteiger partial charge in [0.1, 0.15) is 0 Å². The van der Waals surface area contributed by atoms with Crippen LogP contribution in [0.4, 0.5) is 0 Å². The lowest BCUT2D eigenvalue weighted by molar-refractivity contribution is -0.0721. The van der Waals surface area contributed by atoms with Crippen LogP contribution in [0.3, 0.4) is 0 Å². The first kappa shape index (κ1) is 14.7. The molecule has 21 heavy (non-hydrogen) atoms. The van der Waals surface area contributed by atoms with Gasteiger partial charge < -0.3 is 9.15 Å². The van der Waals surface area contributed by atoms with Gasteiger partial charge in [-0.15, -0.1) is 10.2 Å². The Labute approximate surface area is 132 Å². The lowest BCUT2D eigenvalue weighted by Gasteiger charge is -2.34. The number of morpholine rings is 1. The van der Waals surface area contributed by atoms with Crippen LogP contribution in [0, 0.1) is 0 Å². The van der Waals surface area contributed by atoms with Crippen molar-refractivity contribution in [2.24, 2.45) is 0 Å². The molecule has 0 amide bonds. The highest BCUT2D eigenvalue weighted by Gasteiger charge is 2.23. The van der Waals surface area contributed by atoms with E-state index in [2.05, 4.69) is 44.9 Å². The number of hydrogen-bond donors (Lipinski definition) is 0. The maximum absolute atomic E-state index is 5.79. The average Bonchev–Trinajstić information content (AvgIpc) is 2.86. The summed E-state index contributed by atoms with van der Waals surface area (Å²) < 4.78 is 12.5. The molecule has 0 unspecified atom stereocenters. The number of hydrogen-bond acceptors (Lipinski definition) is 5. The van der Waals surface area contributed by atoms with Gasteiger partial charge >= 0.3 is 0 Å². The topological polar surface area (TPSA) is 51.4 Å². The first-order valence-corrected chi connectivity index (χ1v) is 7.86. The van der Waals surface area contributed by atoms with E-state index in [1.807, 2.05) is 24.3 Å². The largest absolute Gasteiger partial charge is 0.419 e. The summed E-state index contributed by atoms with van der Waals surface area (Å²) in [5.74, 6) is 1.19. The highest BCUT2D eigenvalue weighted by Crippen LogP contribution is 2.27. The molecule has 5 nitrogen and oxygen atoms in total. The van der Waals surface area contributed by atoms with Crippen LogP contribution in [0.15, 0.2) is 33.2 Å². The third-order valence-corrected chi connectivity index (χ3v) is 4.12. The van der Waals surface area contributed by atoms with Crippen LogP contribution in [0.1, 0.15) is 19.7 Å². The Kier molecular flexibility index (Phi) is 4.37. The molecule has 1 aliphatic heterocycles. The fourth-order valence-corrected chi connectivity index (χ4v) is 3.12. The standard InChI is InChI=1S/C15H18BrN3O2/c1-10-7-19(8-11(2)20-10)9-14-17-18-15(21-14)12-5-3-4-6-13(12)16/h3-6,10-11H,7-9H2,1-2H3/t10-,11-/m0/s1. The van der Waals surface area contributed by atoms with Crippen molar-refractivity contribution in [3.8, 4) is 11.5 Å². The van der Waals surface area contributed by atoms with Crippen LogP contribution in [-0.2, 0) is 11.3 Å². The smallest absolute Gasteiger partial charge is 0.248 e. The molecule has 1 aliphatic rings. The third-order valence-electron chi connectivity index (χ3n) is 3.43. The van der Waals surface area contributed by atoms with Crippen LogP contribution >= 0.6 is 15.9 Å². The quantitative estimate of drug-likeness (QED) is 0.850. The third kappa shape index (κ3) is 3.51. The van der Waals surface area contributed by atoms with Crippen LogP contribution in [0.2, 0.25) is 0 Å². The molecule has 0 aliphatic carbocycles. The summed E-state index contributed by atoms with van der Waals surface area (Å²) in [6.45, 7) is 6.61. The van der Waals surface area contributed by atoms with Crippen LogP contribution in [-0.4, -0.2) is 40.4 Å². The summed E-state index contributed by atoms with van der Waals surface area (Å²) in [5.41, 5.74) is 0.917. The minimum atomic E-state index is 0.236. The molecule has 1 aromatic heterocycles. The molecule has 1 aromatic carbocycles. The van der Waals surface area contributed by atoms with Gasteiger partial charge in [-0.1, -0.05) is 12.1 Å². The molecule has 1 saturated heterocycles. The second-order valence-electron chi connectivity index (χ2n) is 5.43. The lowest BCUT2D eigenvalue weighted by atomic mass is 10.2. The van der Waals surface area contributed by atoms with Crippen molar-refractivity contribution >= 4 is 15.9 Å². The molecule has 2 aromatic rings. The monoisotopic (exact) mass is 351 g/mol. The van der Waals surface area contributed by atoms with E-state index in [-0.39, 0.29) is 12.2 Å². The fourth-order valence-electron chi connectivity index (χ4n) is 2.67. The number of rotatable bonds is 3. The highest BCUT2D eigenvalue weighted by atomic mass is 79.9. The normalized spacial score (nSPS) is 23.4. The molecule has 0 bridgehead atoms. The molecule has 2 heterocycles. The number of ether oxygens (including phenoxy) is 1. The number of nitrogens with zero attached hydrogens (tertiary/aromatic N) is 3. The van der Waals surface area contributed by atoms with E-state index in [9.17, 15) is 0 Å². The fraction of sp³-hybridized carbons (Fsp3) is 0.467. The van der Waals surface area contributed by atoms with Gasteiger partial charge in [-0.2, -0.15) is 0 Å². The molecule has 0 radical (unpaired) electrons. The lowest BCUT2D eigenvalue weighted by Crippen LogP contribution is -2.44. The molecular formula is C15H18BrN3O2. The predicted octanol–water partition coefficient (Wildman–Crippen LogP) is 3.11. The molecule has 3 rings (SSSR count). The van der Waals surface area contributed by atoms with Crippen molar-refractivity contribution in [2.45, 2.75) is 32.6 Å². The summed E-state index contributed by atoms with van der Waals surface area (Å²) in [6, 6.07) is 7.83. The zero-order valence-electron chi connectivity index (χ0n) is 12.1. The first-order valence-electron chi connectivity index (χ1n) is 7.07. The van der Waals surface area contributed by atoms with Crippen molar-refractivity contribution in [1.82, 2.24) is 15.1 Å². The van der Waals surface area contributed by atoms with Gasteiger partial charge in [0.25, 0.3) is 0 Å². The zero-order valence-corrected chi connectivity index (χ0v) is 13.7. The van der Waals surface area contributed by atoms with Gasteiger partial charge in [-0.3, -0.25) is 4.90 Å². The van der Waals surface area contributed by atoms with E-state index in [0.717, 1.165) is 23.1 Å². The average molecular weight is 352 g/mol. The minimum Gasteiger partial charge on any atom is -0.419 e. The summed E-state index contributed by atoms with van der Waals surface area (Å²) in [5, 5.41) is 8.30. The number of aromatic nitrogens is 2. The van der Waals surface area contributed by atoms with E-state index in [1.165, 1.54) is 0 Å². The molecule has 0 saturated carbocycles. The minimum absolute atomic E-state index is 0.236. The van der Waals surface area contributed by atoms with Crippen molar-refractivity contribution in [1.29, 1.82) is 0 Å². The summed E-state index contributed by atoms with van der Waals surface area (Å²) in [4.78, 5) is 2.29. The van der Waals surface area contributed by atoms with Gasteiger partial charge in [0.2, 0.25) is 11.8 Å². The summed E-state index contributed by atoms with van der Waals surface area (Å²) >= 11 is 3.50. The van der Waals surface area contributed by atoms with Crippen molar-refractivity contribution < 1.29 is 9.15 Å². The van der Waals surface area contributed by atoms with Crippen molar-refractivity contribution in [2.75, 3.05) is 13.1 Å². The Balaban J connectivity index is 1.72. The Morgan fingerprint density at radius 1 is 1.19 bits per heavy atom. The molecule has 2 atom stereocenters. The maximum atomic E-state index is 5.79. The van der Waals surface area contributed by atoms with Gasteiger partial charge in [0.05, 0.1) is 24.3 Å². The van der Waals surface area contributed by atoms with E-state index < -0.39 is 0 Å². The predicted molar refractivity (Wildman–Crippen MR) is 82.7 cm³/mol. The summed E-state index contributed by atoms with van der Waals surface area (Å²) in [7, 11) is 0.